The largest absolute Gasteiger partial charge is 0.456 e. The van der Waals surface area contributed by atoms with Crippen LogP contribution in [0.5, 0.6) is 0 Å². The molecule has 272 valence electrons. The van der Waals surface area contributed by atoms with Gasteiger partial charge in [-0.25, -0.2) is 0 Å². The van der Waals surface area contributed by atoms with Crippen LogP contribution in [0.25, 0.3) is 131 Å². The zero-order valence-corrected chi connectivity index (χ0v) is 32.0. The third-order valence-corrected chi connectivity index (χ3v) is 12.8. The minimum atomic E-state index is 0.909. The Bertz CT molecular complexity index is 3890. The maximum absolute atomic E-state index is 6.51. The third kappa shape index (κ3) is 4.79. The molecule has 1 nitrogen and oxygen atoms in total. The van der Waals surface area contributed by atoms with E-state index in [2.05, 4.69) is 206 Å². The van der Waals surface area contributed by atoms with E-state index >= 15 is 0 Å². The molecule has 0 saturated heterocycles. The van der Waals surface area contributed by atoms with Crippen molar-refractivity contribution in [1.82, 2.24) is 0 Å². The van der Waals surface area contributed by atoms with Crippen molar-refractivity contribution < 1.29 is 4.42 Å². The lowest BCUT2D eigenvalue weighted by Crippen LogP contribution is -1.90. The van der Waals surface area contributed by atoms with Gasteiger partial charge in [0.05, 0.1) is 0 Å². The summed E-state index contributed by atoms with van der Waals surface area (Å²) in [5.41, 5.74) is 9.08. The number of hydrogen-bond acceptors (Lipinski definition) is 1. The van der Waals surface area contributed by atoms with E-state index in [1.165, 1.54) is 103 Å². The molecule has 13 aromatic rings. The fraction of sp³-hybridized carbons (Fsp3) is 0. The van der Waals surface area contributed by atoms with Crippen LogP contribution >= 0.6 is 0 Å². The van der Waals surface area contributed by atoms with Gasteiger partial charge < -0.3 is 4.42 Å². The summed E-state index contributed by atoms with van der Waals surface area (Å²) in [6, 6.07) is 75.9. The highest BCUT2D eigenvalue weighted by Gasteiger charge is 2.18. The lowest BCUT2D eigenvalue weighted by molar-refractivity contribution is 0.669. The Labute approximate surface area is 340 Å². The maximum Gasteiger partial charge on any atom is 0.136 e. The van der Waals surface area contributed by atoms with Gasteiger partial charge in [0.1, 0.15) is 11.2 Å². The molecule has 1 heteroatoms. The summed E-state index contributed by atoms with van der Waals surface area (Å²) in [5, 5.41) is 20.0. The monoisotopic (exact) mass is 746 g/mol. The predicted octanol–water partition coefficient (Wildman–Crippen LogP) is 16.7. The van der Waals surface area contributed by atoms with Crippen LogP contribution in [0.15, 0.2) is 211 Å². The summed E-state index contributed by atoms with van der Waals surface area (Å²) < 4.78 is 6.51. The molecule has 0 atom stereocenters. The number of fused-ring (bicyclic) bond motifs is 16. The molecule has 0 saturated carbocycles. The number of furan rings is 1. The molecular formula is C58H34O. The zero-order valence-electron chi connectivity index (χ0n) is 32.0. The minimum absolute atomic E-state index is 0.909. The van der Waals surface area contributed by atoms with Crippen molar-refractivity contribution in [1.29, 1.82) is 0 Å². The van der Waals surface area contributed by atoms with E-state index in [4.69, 9.17) is 4.42 Å². The standard InChI is InChI=1S/C58H34O/c1-2-12-35(13-3-1)38-24-28-50-52(30-38)45-16-6-8-18-48(45)58-51-29-26-39(32-53(51)46-17-7-9-19-49(46)57(50)58)41-20-10-23-44-42(21-11-22-43(41)44)40-25-27-47-54-31-36-14-4-5-15-37(36)33-56(54)59-55(47)34-40/h1-34H. The van der Waals surface area contributed by atoms with Gasteiger partial charge in [-0.1, -0.05) is 170 Å². The number of rotatable bonds is 3. The average molecular weight is 747 g/mol. The van der Waals surface area contributed by atoms with Crippen LogP contribution in [-0.2, 0) is 0 Å². The van der Waals surface area contributed by atoms with Crippen LogP contribution < -0.4 is 0 Å². The Morgan fingerprint density at radius 2 is 0.678 bits per heavy atom. The van der Waals surface area contributed by atoms with E-state index in [0.717, 1.165) is 27.5 Å². The second-order valence-electron chi connectivity index (χ2n) is 15.9. The van der Waals surface area contributed by atoms with Gasteiger partial charge in [0, 0.05) is 10.8 Å². The summed E-state index contributed by atoms with van der Waals surface area (Å²) >= 11 is 0. The molecule has 12 aromatic carbocycles. The molecule has 0 radical (unpaired) electrons. The molecule has 1 heterocycles. The molecule has 0 bridgehead atoms. The predicted molar refractivity (Wildman–Crippen MR) is 253 cm³/mol. The molecule has 0 spiro atoms. The maximum atomic E-state index is 6.51. The number of hydrogen-bond donors (Lipinski definition) is 0. The van der Waals surface area contributed by atoms with Gasteiger partial charge in [-0.3, -0.25) is 0 Å². The summed E-state index contributed by atoms with van der Waals surface area (Å²) in [4.78, 5) is 0. The summed E-state index contributed by atoms with van der Waals surface area (Å²) in [5.74, 6) is 0. The Hall–Kier alpha value is -7.74. The van der Waals surface area contributed by atoms with E-state index < -0.39 is 0 Å². The second-order valence-corrected chi connectivity index (χ2v) is 15.9. The molecule has 0 amide bonds. The SMILES string of the molecule is c1ccc(-c2ccc3c(c2)c2ccccc2c2c4ccc(-c5cccc6c(-c7ccc8c(c7)oc7cc9ccccc9cc78)cccc56)cc4c4ccccc4c32)cc1. The van der Waals surface area contributed by atoms with E-state index in [1.54, 1.807) is 0 Å². The second kappa shape index (κ2) is 12.4. The quantitative estimate of drug-likeness (QED) is 0.164. The van der Waals surface area contributed by atoms with Crippen molar-refractivity contribution in [3.63, 3.8) is 0 Å². The normalized spacial score (nSPS) is 12.1. The van der Waals surface area contributed by atoms with E-state index in [9.17, 15) is 0 Å². The van der Waals surface area contributed by atoms with Gasteiger partial charge >= 0.3 is 0 Å². The molecule has 0 aliphatic heterocycles. The Balaban J connectivity index is 1.01. The summed E-state index contributed by atoms with van der Waals surface area (Å²) in [6.45, 7) is 0. The lowest BCUT2D eigenvalue weighted by atomic mass is 9.85. The average Bonchev–Trinajstić information content (AvgIpc) is 3.66. The summed E-state index contributed by atoms with van der Waals surface area (Å²) in [7, 11) is 0. The van der Waals surface area contributed by atoms with E-state index in [0.29, 0.717) is 0 Å². The first kappa shape index (κ1) is 32.4. The first-order chi connectivity index (χ1) is 29.2. The molecular weight excluding hydrogens is 713 g/mol. The van der Waals surface area contributed by atoms with Crippen molar-refractivity contribution in [2.75, 3.05) is 0 Å². The molecule has 0 N–H and O–H groups in total. The van der Waals surface area contributed by atoms with Crippen LogP contribution in [0.2, 0.25) is 0 Å². The molecule has 13 rings (SSSR count). The van der Waals surface area contributed by atoms with Crippen molar-refractivity contribution >= 4 is 97.3 Å². The van der Waals surface area contributed by atoms with Crippen molar-refractivity contribution in [3.8, 4) is 33.4 Å². The smallest absolute Gasteiger partial charge is 0.136 e. The van der Waals surface area contributed by atoms with Crippen LogP contribution in [0, 0.1) is 0 Å². The zero-order chi connectivity index (χ0) is 38.6. The van der Waals surface area contributed by atoms with Gasteiger partial charge in [-0.2, -0.15) is 0 Å². The highest BCUT2D eigenvalue weighted by Crippen LogP contribution is 2.46. The van der Waals surface area contributed by atoms with Gasteiger partial charge in [-0.05, 0) is 145 Å². The lowest BCUT2D eigenvalue weighted by Gasteiger charge is -2.18. The molecule has 0 aliphatic rings. The van der Waals surface area contributed by atoms with Crippen LogP contribution in [-0.4, -0.2) is 0 Å². The van der Waals surface area contributed by atoms with Crippen molar-refractivity contribution in [2.24, 2.45) is 0 Å². The highest BCUT2D eigenvalue weighted by atomic mass is 16.3. The minimum Gasteiger partial charge on any atom is -0.456 e. The van der Waals surface area contributed by atoms with Crippen LogP contribution in [0.1, 0.15) is 0 Å². The third-order valence-electron chi connectivity index (χ3n) is 12.8. The van der Waals surface area contributed by atoms with Crippen molar-refractivity contribution in [2.45, 2.75) is 0 Å². The molecule has 0 unspecified atom stereocenters. The topological polar surface area (TPSA) is 13.1 Å². The highest BCUT2D eigenvalue weighted by molar-refractivity contribution is 6.39. The Kier molecular flexibility index (Phi) is 6.79. The fourth-order valence-corrected chi connectivity index (χ4v) is 10.1. The number of benzene rings is 12. The molecule has 0 aliphatic carbocycles. The van der Waals surface area contributed by atoms with Gasteiger partial charge in [0.2, 0.25) is 0 Å². The van der Waals surface area contributed by atoms with Gasteiger partial charge in [-0.15, -0.1) is 0 Å². The van der Waals surface area contributed by atoms with Crippen LogP contribution in [0.4, 0.5) is 0 Å². The summed E-state index contributed by atoms with van der Waals surface area (Å²) in [6.07, 6.45) is 0. The van der Waals surface area contributed by atoms with Gasteiger partial charge in [0.15, 0.2) is 0 Å². The first-order valence-electron chi connectivity index (χ1n) is 20.4. The van der Waals surface area contributed by atoms with Crippen LogP contribution in [0.3, 0.4) is 0 Å². The molecule has 0 fully saturated rings. The van der Waals surface area contributed by atoms with E-state index in [1.807, 2.05) is 0 Å². The fourth-order valence-electron chi connectivity index (χ4n) is 10.1. The van der Waals surface area contributed by atoms with E-state index in [-0.39, 0.29) is 0 Å². The van der Waals surface area contributed by atoms with Crippen molar-refractivity contribution in [3.05, 3.63) is 206 Å². The first-order valence-corrected chi connectivity index (χ1v) is 20.4. The van der Waals surface area contributed by atoms with Gasteiger partial charge in [0.25, 0.3) is 0 Å². The Morgan fingerprint density at radius 1 is 0.220 bits per heavy atom. The Morgan fingerprint density at radius 3 is 1.32 bits per heavy atom. The molecule has 1 aromatic heterocycles. The molecule has 59 heavy (non-hydrogen) atoms.